The van der Waals surface area contributed by atoms with E-state index < -0.39 is 6.09 Å². The summed E-state index contributed by atoms with van der Waals surface area (Å²) < 4.78 is 9.78. The van der Waals surface area contributed by atoms with Crippen molar-refractivity contribution in [3.63, 3.8) is 0 Å². The van der Waals surface area contributed by atoms with Gasteiger partial charge in [-0.1, -0.05) is 48.5 Å². The summed E-state index contributed by atoms with van der Waals surface area (Å²) >= 11 is 0. The fourth-order valence-electron chi connectivity index (χ4n) is 2.79. The Morgan fingerprint density at radius 1 is 0.897 bits per heavy atom. The van der Waals surface area contributed by atoms with Crippen LogP contribution in [0.25, 0.3) is 16.8 Å². The fourth-order valence-corrected chi connectivity index (χ4v) is 2.79. The molecule has 0 saturated carbocycles. The highest BCUT2D eigenvalue weighted by molar-refractivity contribution is 6.04. The van der Waals surface area contributed by atoms with Crippen LogP contribution < -0.4 is 10.6 Å². The second-order valence-corrected chi connectivity index (χ2v) is 6.23. The van der Waals surface area contributed by atoms with Gasteiger partial charge in [0, 0.05) is 24.6 Å². The van der Waals surface area contributed by atoms with E-state index in [1.807, 2.05) is 42.5 Å². The molecule has 0 radical (unpaired) electrons. The van der Waals surface area contributed by atoms with Crippen LogP contribution in [0.5, 0.6) is 0 Å². The van der Waals surface area contributed by atoms with E-state index in [9.17, 15) is 9.59 Å². The number of anilines is 2. The van der Waals surface area contributed by atoms with Gasteiger partial charge in [-0.05, 0) is 40.6 Å². The first-order valence-corrected chi connectivity index (χ1v) is 9.15. The quantitative estimate of drug-likeness (QED) is 0.453. The number of methoxy groups -OCH3 is 1. The predicted octanol–water partition coefficient (Wildman–Crippen LogP) is 4.69. The minimum atomic E-state index is -0.582. The zero-order valence-electron chi connectivity index (χ0n) is 16.1. The average Bonchev–Trinajstić information content (AvgIpc) is 2.72. The van der Waals surface area contributed by atoms with Crippen molar-refractivity contribution in [2.24, 2.45) is 0 Å². The lowest BCUT2D eigenvalue weighted by atomic mass is 10.0. The largest absolute Gasteiger partial charge is 0.447 e. The van der Waals surface area contributed by atoms with E-state index in [-0.39, 0.29) is 12.5 Å². The highest BCUT2D eigenvalue weighted by atomic mass is 16.6. The van der Waals surface area contributed by atoms with E-state index in [1.54, 1.807) is 30.3 Å². The number of fused-ring (bicyclic) bond motifs is 1. The number of hydrogen-bond acceptors (Lipinski definition) is 4. The van der Waals surface area contributed by atoms with Gasteiger partial charge in [0.25, 0.3) is 0 Å². The lowest BCUT2D eigenvalue weighted by Gasteiger charge is -2.08. The standard InChI is InChI=1S/C23H22N2O4/c1-28-14-15-29-23(27)25-20-10-5-9-19(16-20)24-22(26)13-12-18-8-4-7-17-6-2-3-11-21(17)18/h2-13,16H,14-15H2,1H3,(H,24,26)(H,25,27)/b13-12+. The summed E-state index contributed by atoms with van der Waals surface area (Å²) in [7, 11) is 1.53. The number of hydrogen-bond donors (Lipinski definition) is 2. The molecule has 148 valence electrons. The SMILES string of the molecule is COCCOC(=O)Nc1cccc(NC(=O)/C=C/c2cccc3ccccc23)c1. The molecule has 3 aromatic rings. The van der Waals surface area contributed by atoms with Crippen molar-refractivity contribution in [1.29, 1.82) is 0 Å². The Morgan fingerprint density at radius 2 is 1.62 bits per heavy atom. The fraction of sp³-hybridized carbons (Fsp3) is 0.130. The molecule has 2 amide bonds. The highest BCUT2D eigenvalue weighted by Gasteiger charge is 2.05. The van der Waals surface area contributed by atoms with E-state index >= 15 is 0 Å². The summed E-state index contributed by atoms with van der Waals surface area (Å²) in [5, 5.41) is 7.59. The van der Waals surface area contributed by atoms with Crippen LogP contribution in [0, 0.1) is 0 Å². The number of carbonyl (C=O) groups is 2. The molecular weight excluding hydrogens is 368 g/mol. The monoisotopic (exact) mass is 390 g/mol. The van der Waals surface area contributed by atoms with Crippen LogP contribution in [0.2, 0.25) is 0 Å². The number of amides is 2. The summed E-state index contributed by atoms with van der Waals surface area (Å²) in [6.45, 7) is 0.490. The summed E-state index contributed by atoms with van der Waals surface area (Å²) in [5.41, 5.74) is 2.04. The Morgan fingerprint density at radius 3 is 2.45 bits per heavy atom. The van der Waals surface area contributed by atoms with Gasteiger partial charge < -0.3 is 14.8 Å². The molecule has 6 heteroatoms. The van der Waals surface area contributed by atoms with E-state index in [0.717, 1.165) is 16.3 Å². The van der Waals surface area contributed by atoms with Crippen molar-refractivity contribution >= 4 is 40.2 Å². The van der Waals surface area contributed by atoms with Crippen LogP contribution in [0.4, 0.5) is 16.2 Å². The maximum Gasteiger partial charge on any atom is 0.411 e. The lowest BCUT2D eigenvalue weighted by Crippen LogP contribution is -2.16. The van der Waals surface area contributed by atoms with Crippen LogP contribution in [-0.4, -0.2) is 32.3 Å². The molecule has 0 bridgehead atoms. The Balaban J connectivity index is 1.62. The van der Waals surface area contributed by atoms with Crippen molar-refractivity contribution in [1.82, 2.24) is 0 Å². The topological polar surface area (TPSA) is 76.7 Å². The molecule has 6 nitrogen and oxygen atoms in total. The molecular formula is C23H22N2O4. The number of carbonyl (C=O) groups excluding carboxylic acids is 2. The molecule has 0 aromatic heterocycles. The van der Waals surface area contributed by atoms with Crippen LogP contribution in [0.15, 0.2) is 72.8 Å². The molecule has 0 atom stereocenters. The van der Waals surface area contributed by atoms with Crippen molar-refractivity contribution in [3.05, 3.63) is 78.4 Å². The van der Waals surface area contributed by atoms with Gasteiger partial charge in [-0.25, -0.2) is 4.79 Å². The number of nitrogens with one attached hydrogen (secondary N) is 2. The van der Waals surface area contributed by atoms with Gasteiger partial charge in [-0.3, -0.25) is 10.1 Å². The normalized spacial score (nSPS) is 10.8. The summed E-state index contributed by atoms with van der Waals surface area (Å²) in [6, 6.07) is 20.8. The van der Waals surface area contributed by atoms with Crippen molar-refractivity contribution in [3.8, 4) is 0 Å². The Hall–Kier alpha value is -3.64. The van der Waals surface area contributed by atoms with Gasteiger partial charge >= 0.3 is 6.09 Å². The molecule has 0 aliphatic rings. The molecule has 0 spiro atoms. The van der Waals surface area contributed by atoms with Crippen LogP contribution in [0.1, 0.15) is 5.56 Å². The van der Waals surface area contributed by atoms with E-state index in [2.05, 4.69) is 10.6 Å². The molecule has 0 aliphatic carbocycles. The van der Waals surface area contributed by atoms with Gasteiger partial charge in [0.1, 0.15) is 6.61 Å². The number of benzene rings is 3. The highest BCUT2D eigenvalue weighted by Crippen LogP contribution is 2.20. The molecule has 3 rings (SSSR count). The summed E-state index contributed by atoms with van der Waals surface area (Å²) in [6.07, 6.45) is 2.69. The molecule has 0 unspecified atom stereocenters. The molecule has 29 heavy (non-hydrogen) atoms. The maximum absolute atomic E-state index is 12.3. The van der Waals surface area contributed by atoms with Crippen molar-refractivity contribution in [2.45, 2.75) is 0 Å². The molecule has 0 aliphatic heterocycles. The third-order valence-corrected chi connectivity index (χ3v) is 4.13. The second-order valence-electron chi connectivity index (χ2n) is 6.23. The van der Waals surface area contributed by atoms with Crippen LogP contribution >= 0.6 is 0 Å². The van der Waals surface area contributed by atoms with Crippen LogP contribution in [0.3, 0.4) is 0 Å². The minimum Gasteiger partial charge on any atom is -0.447 e. The zero-order valence-corrected chi connectivity index (χ0v) is 16.1. The Bertz CT molecular complexity index is 1020. The number of rotatable bonds is 7. The van der Waals surface area contributed by atoms with Crippen LogP contribution in [-0.2, 0) is 14.3 Å². The first kappa shape index (κ1) is 20.1. The van der Waals surface area contributed by atoms with Gasteiger partial charge in [0.15, 0.2) is 0 Å². The van der Waals surface area contributed by atoms with E-state index in [1.165, 1.54) is 13.2 Å². The average molecular weight is 390 g/mol. The lowest BCUT2D eigenvalue weighted by molar-refractivity contribution is -0.111. The molecule has 0 heterocycles. The summed E-state index contributed by atoms with van der Waals surface area (Å²) in [4.78, 5) is 24.0. The van der Waals surface area contributed by atoms with Gasteiger partial charge in [-0.2, -0.15) is 0 Å². The van der Waals surface area contributed by atoms with Gasteiger partial charge in [-0.15, -0.1) is 0 Å². The molecule has 2 N–H and O–H groups in total. The molecule has 0 fully saturated rings. The molecule has 0 saturated heterocycles. The maximum atomic E-state index is 12.3. The van der Waals surface area contributed by atoms with E-state index in [4.69, 9.17) is 9.47 Å². The van der Waals surface area contributed by atoms with Gasteiger partial charge in [0.2, 0.25) is 5.91 Å². The van der Waals surface area contributed by atoms with Crippen molar-refractivity contribution in [2.75, 3.05) is 31.0 Å². The smallest absolute Gasteiger partial charge is 0.411 e. The van der Waals surface area contributed by atoms with Crippen molar-refractivity contribution < 1.29 is 19.1 Å². The first-order chi connectivity index (χ1) is 14.2. The van der Waals surface area contributed by atoms with Gasteiger partial charge in [0.05, 0.1) is 6.61 Å². The Kier molecular flexibility index (Phi) is 6.97. The zero-order chi connectivity index (χ0) is 20.5. The molecule has 3 aromatic carbocycles. The van der Waals surface area contributed by atoms with E-state index in [0.29, 0.717) is 18.0 Å². The number of ether oxygens (including phenoxy) is 2. The first-order valence-electron chi connectivity index (χ1n) is 9.15. The predicted molar refractivity (Wildman–Crippen MR) is 115 cm³/mol. The summed E-state index contributed by atoms with van der Waals surface area (Å²) in [5.74, 6) is -0.266. The Labute approximate surface area is 169 Å². The third-order valence-electron chi connectivity index (χ3n) is 4.13. The third kappa shape index (κ3) is 5.92. The second kappa shape index (κ2) is 10.1. The minimum absolute atomic E-state index is 0.164.